The van der Waals surface area contributed by atoms with Gasteiger partial charge < -0.3 is 10.6 Å². The first kappa shape index (κ1) is 26.3. The molecule has 2 aliphatic rings. The fraction of sp³-hybridized carbons (Fsp3) is 0.387. The van der Waals surface area contributed by atoms with Gasteiger partial charge in [0, 0.05) is 53.9 Å². The van der Waals surface area contributed by atoms with Crippen molar-refractivity contribution in [3.63, 3.8) is 0 Å². The standard InChI is InChI=1S/C31H35N7O2/c1-37-27(20-38-14-6-3-7-15-38)25(19-34-37)29-24(30(39)21-8-4-2-5-9-21)16-23-18-33-28(17-26(23)35-29)36-31(40)22-10-12-32-13-11-22/h2,4-5,8-9,16-19,22,32H,3,6-7,10-15,20H2,1H3,(H,33,36,40). The van der Waals surface area contributed by atoms with E-state index in [4.69, 9.17) is 4.98 Å². The zero-order valence-corrected chi connectivity index (χ0v) is 22.9. The lowest BCUT2D eigenvalue weighted by Gasteiger charge is -2.26. The van der Waals surface area contributed by atoms with Gasteiger partial charge in [0.1, 0.15) is 5.82 Å². The maximum absolute atomic E-state index is 13.8. The quantitative estimate of drug-likeness (QED) is 0.341. The molecule has 2 N–H and O–H groups in total. The van der Waals surface area contributed by atoms with E-state index in [0.717, 1.165) is 62.2 Å². The predicted molar refractivity (Wildman–Crippen MR) is 155 cm³/mol. The van der Waals surface area contributed by atoms with Crippen LogP contribution in [0.15, 0.2) is 54.9 Å². The molecule has 2 saturated heterocycles. The van der Waals surface area contributed by atoms with E-state index < -0.39 is 0 Å². The number of rotatable bonds is 7. The maximum atomic E-state index is 13.8. The number of carbonyl (C=O) groups is 2. The Labute approximate surface area is 234 Å². The first-order valence-corrected chi connectivity index (χ1v) is 14.2. The Bertz CT molecular complexity index is 1520. The maximum Gasteiger partial charge on any atom is 0.228 e. The largest absolute Gasteiger partial charge is 0.317 e. The van der Waals surface area contributed by atoms with Crippen molar-refractivity contribution in [2.45, 2.75) is 38.6 Å². The number of carbonyl (C=O) groups excluding carboxylic acids is 2. The van der Waals surface area contributed by atoms with E-state index in [1.807, 2.05) is 54.3 Å². The van der Waals surface area contributed by atoms with Crippen LogP contribution in [0, 0.1) is 5.92 Å². The van der Waals surface area contributed by atoms with E-state index in [1.165, 1.54) is 19.3 Å². The highest BCUT2D eigenvalue weighted by Crippen LogP contribution is 2.31. The summed E-state index contributed by atoms with van der Waals surface area (Å²) < 4.78 is 1.89. The van der Waals surface area contributed by atoms with Gasteiger partial charge in [-0.3, -0.25) is 19.2 Å². The van der Waals surface area contributed by atoms with Crippen LogP contribution in [0.1, 0.15) is 53.7 Å². The van der Waals surface area contributed by atoms with E-state index in [0.29, 0.717) is 28.2 Å². The second kappa shape index (κ2) is 11.7. The summed E-state index contributed by atoms with van der Waals surface area (Å²) in [6.45, 7) is 4.54. The Hall–Kier alpha value is -3.95. The molecular formula is C31H35N7O2. The van der Waals surface area contributed by atoms with Crippen LogP contribution in [-0.2, 0) is 18.4 Å². The van der Waals surface area contributed by atoms with Crippen LogP contribution < -0.4 is 10.6 Å². The molecule has 3 aromatic heterocycles. The molecule has 6 rings (SSSR count). The Morgan fingerprint density at radius 1 is 1.02 bits per heavy atom. The molecule has 206 valence electrons. The Morgan fingerprint density at radius 2 is 1.80 bits per heavy atom. The van der Waals surface area contributed by atoms with Gasteiger partial charge in [0.05, 0.1) is 23.1 Å². The Kier molecular flexibility index (Phi) is 7.66. The number of fused-ring (bicyclic) bond motifs is 1. The van der Waals surface area contributed by atoms with Gasteiger partial charge in [-0.15, -0.1) is 0 Å². The number of pyridine rings is 2. The lowest BCUT2D eigenvalue weighted by molar-refractivity contribution is -0.120. The molecule has 40 heavy (non-hydrogen) atoms. The van der Waals surface area contributed by atoms with Gasteiger partial charge in [-0.25, -0.2) is 9.97 Å². The number of anilines is 1. The normalized spacial score (nSPS) is 16.7. The fourth-order valence-corrected chi connectivity index (χ4v) is 5.75. The average Bonchev–Trinajstić information content (AvgIpc) is 3.36. The van der Waals surface area contributed by atoms with E-state index in [-0.39, 0.29) is 17.6 Å². The van der Waals surface area contributed by atoms with Crippen LogP contribution in [0.4, 0.5) is 5.82 Å². The van der Waals surface area contributed by atoms with Gasteiger partial charge in [0.25, 0.3) is 0 Å². The lowest BCUT2D eigenvalue weighted by Crippen LogP contribution is -2.34. The Balaban J connectivity index is 1.41. The van der Waals surface area contributed by atoms with Crippen molar-refractivity contribution in [3.8, 4) is 11.3 Å². The van der Waals surface area contributed by atoms with Crippen molar-refractivity contribution in [3.05, 3.63) is 71.7 Å². The highest BCUT2D eigenvalue weighted by molar-refractivity contribution is 6.14. The number of hydrogen-bond donors (Lipinski definition) is 2. The van der Waals surface area contributed by atoms with E-state index >= 15 is 0 Å². The molecule has 0 bridgehead atoms. The number of aryl methyl sites for hydroxylation is 1. The topological polar surface area (TPSA) is 105 Å². The molecule has 0 radical (unpaired) electrons. The second-order valence-corrected chi connectivity index (χ2v) is 10.8. The molecular weight excluding hydrogens is 502 g/mol. The van der Waals surface area contributed by atoms with Crippen LogP contribution in [0.5, 0.6) is 0 Å². The van der Waals surface area contributed by atoms with Crippen molar-refractivity contribution in [2.24, 2.45) is 13.0 Å². The molecule has 0 unspecified atom stereocenters. The monoisotopic (exact) mass is 537 g/mol. The molecule has 0 spiro atoms. The summed E-state index contributed by atoms with van der Waals surface area (Å²) in [5.74, 6) is 0.332. The first-order chi connectivity index (χ1) is 19.6. The highest BCUT2D eigenvalue weighted by atomic mass is 16.2. The third-order valence-electron chi connectivity index (χ3n) is 8.08. The number of hydrogen-bond acceptors (Lipinski definition) is 7. The van der Waals surface area contributed by atoms with Gasteiger partial charge in [-0.1, -0.05) is 36.8 Å². The zero-order valence-electron chi connectivity index (χ0n) is 22.9. The number of ketones is 1. The minimum absolute atomic E-state index is 0.0134. The van der Waals surface area contributed by atoms with Crippen molar-refractivity contribution in [1.82, 2.24) is 30.0 Å². The molecule has 1 amide bonds. The van der Waals surface area contributed by atoms with Crippen molar-refractivity contribution < 1.29 is 9.59 Å². The smallest absolute Gasteiger partial charge is 0.228 e. The minimum Gasteiger partial charge on any atom is -0.317 e. The summed E-state index contributed by atoms with van der Waals surface area (Å²) in [4.78, 5) is 38.7. The molecule has 0 saturated carbocycles. The molecule has 0 atom stereocenters. The number of amides is 1. The first-order valence-electron chi connectivity index (χ1n) is 14.2. The van der Waals surface area contributed by atoms with Gasteiger partial charge in [-0.2, -0.15) is 5.10 Å². The minimum atomic E-state index is -0.0962. The third kappa shape index (κ3) is 5.52. The van der Waals surface area contributed by atoms with Crippen molar-refractivity contribution in [1.29, 1.82) is 0 Å². The second-order valence-electron chi connectivity index (χ2n) is 10.8. The van der Waals surface area contributed by atoms with Gasteiger partial charge >= 0.3 is 0 Å². The average molecular weight is 538 g/mol. The molecule has 4 aromatic rings. The van der Waals surface area contributed by atoms with Crippen LogP contribution in [-0.4, -0.2) is 62.5 Å². The van der Waals surface area contributed by atoms with Crippen molar-refractivity contribution >= 4 is 28.4 Å². The summed E-state index contributed by atoms with van der Waals surface area (Å²) in [5, 5.41) is 11.6. The Morgan fingerprint density at radius 3 is 2.58 bits per heavy atom. The van der Waals surface area contributed by atoms with E-state index in [2.05, 4.69) is 25.6 Å². The zero-order chi connectivity index (χ0) is 27.5. The summed E-state index contributed by atoms with van der Waals surface area (Å²) in [6.07, 6.45) is 8.78. The van der Waals surface area contributed by atoms with E-state index in [9.17, 15) is 9.59 Å². The van der Waals surface area contributed by atoms with Crippen LogP contribution >= 0.6 is 0 Å². The molecule has 9 heteroatoms. The summed E-state index contributed by atoms with van der Waals surface area (Å²) in [5.41, 5.74) is 4.27. The SMILES string of the molecule is Cn1ncc(-c2nc3cc(NC(=O)C4CCNCC4)ncc3cc2C(=O)c2ccccc2)c1CN1CCCCC1. The number of nitrogens with zero attached hydrogens (tertiary/aromatic N) is 5. The number of piperidine rings is 2. The third-order valence-corrected chi connectivity index (χ3v) is 8.08. The van der Waals surface area contributed by atoms with Crippen molar-refractivity contribution in [2.75, 3.05) is 31.5 Å². The molecule has 1 aromatic carbocycles. The molecule has 9 nitrogen and oxygen atoms in total. The number of likely N-dealkylation sites (tertiary alicyclic amines) is 1. The summed E-state index contributed by atoms with van der Waals surface area (Å²) >= 11 is 0. The van der Waals surface area contributed by atoms with Crippen LogP contribution in [0.2, 0.25) is 0 Å². The molecule has 5 heterocycles. The number of aromatic nitrogens is 4. The summed E-state index contributed by atoms with van der Waals surface area (Å²) in [6, 6.07) is 13.0. The summed E-state index contributed by atoms with van der Waals surface area (Å²) in [7, 11) is 1.95. The molecule has 0 aliphatic carbocycles. The fourth-order valence-electron chi connectivity index (χ4n) is 5.75. The van der Waals surface area contributed by atoms with Gasteiger partial charge in [0.15, 0.2) is 5.78 Å². The number of nitrogens with one attached hydrogen (secondary N) is 2. The van der Waals surface area contributed by atoms with Gasteiger partial charge in [0.2, 0.25) is 5.91 Å². The lowest BCUT2D eigenvalue weighted by atomic mass is 9.96. The van der Waals surface area contributed by atoms with Crippen LogP contribution in [0.3, 0.4) is 0 Å². The molecule has 2 fully saturated rings. The van der Waals surface area contributed by atoms with Gasteiger partial charge in [-0.05, 0) is 57.9 Å². The number of benzene rings is 1. The van der Waals surface area contributed by atoms with Crippen LogP contribution in [0.25, 0.3) is 22.2 Å². The molecule has 2 aliphatic heterocycles. The highest BCUT2D eigenvalue weighted by Gasteiger charge is 2.25. The van der Waals surface area contributed by atoms with E-state index in [1.54, 1.807) is 12.3 Å². The predicted octanol–water partition coefficient (Wildman–Crippen LogP) is 4.19.